The predicted molar refractivity (Wildman–Crippen MR) is 33.2 cm³/mol. The van der Waals surface area contributed by atoms with Crippen molar-refractivity contribution >= 4 is 12.2 Å². The van der Waals surface area contributed by atoms with Gasteiger partial charge in [-0.2, -0.15) is 13.2 Å². The van der Waals surface area contributed by atoms with Crippen molar-refractivity contribution in [2.75, 3.05) is 13.7 Å². The second-order valence-corrected chi connectivity index (χ2v) is 1.95. The predicted octanol–water partition coefficient (Wildman–Crippen LogP) is 1.30. The molecule has 13 heavy (non-hydrogen) atoms. The summed E-state index contributed by atoms with van der Waals surface area (Å²) in [6.07, 6.45) is -8.35. The first kappa shape index (κ1) is 11.5. The monoisotopic (exact) mass is 201 g/mol. The average molecular weight is 201 g/mol. The van der Waals surface area contributed by atoms with Crippen molar-refractivity contribution in [1.82, 2.24) is 4.90 Å². The number of ether oxygens (including phenoxy) is 1. The minimum absolute atomic E-state index is 0.472. The summed E-state index contributed by atoms with van der Waals surface area (Å²) in [6, 6.07) is 0. The third kappa shape index (κ3) is 4.19. The Bertz CT molecular complexity index is 214. The Morgan fingerprint density at radius 1 is 1.46 bits per heavy atom. The fraction of sp³-hybridized carbons (Fsp3) is 0.600. The van der Waals surface area contributed by atoms with Gasteiger partial charge in [0, 0.05) is 0 Å². The molecule has 0 aliphatic heterocycles. The molecule has 0 unspecified atom stereocenters. The SMILES string of the molecule is COC(=O)N(CC(F)(F)F)C(=O)O. The number of alkyl halides is 3. The lowest BCUT2D eigenvalue weighted by atomic mass is 10.5. The summed E-state index contributed by atoms with van der Waals surface area (Å²) in [7, 11) is 0.786. The molecule has 0 spiro atoms. The molecular formula is C5H6F3NO4. The average Bonchev–Trinajstić information content (AvgIpc) is 1.96. The summed E-state index contributed by atoms with van der Waals surface area (Å²) in [6.45, 7) is -1.88. The van der Waals surface area contributed by atoms with E-state index in [0.717, 1.165) is 7.11 Å². The van der Waals surface area contributed by atoms with Gasteiger partial charge < -0.3 is 9.84 Å². The molecule has 0 rings (SSSR count). The Balaban J connectivity index is 4.45. The van der Waals surface area contributed by atoms with Crippen LogP contribution >= 0.6 is 0 Å². The molecule has 5 nitrogen and oxygen atoms in total. The molecule has 1 N–H and O–H groups in total. The number of rotatable bonds is 1. The van der Waals surface area contributed by atoms with Crippen LogP contribution in [0.2, 0.25) is 0 Å². The molecule has 2 amide bonds. The number of amides is 2. The Hall–Kier alpha value is -1.47. The van der Waals surface area contributed by atoms with E-state index in [1.54, 1.807) is 0 Å². The molecule has 8 heteroatoms. The van der Waals surface area contributed by atoms with Crippen LogP contribution in [0.1, 0.15) is 0 Å². The van der Waals surface area contributed by atoms with Crippen LogP contribution < -0.4 is 0 Å². The summed E-state index contributed by atoms with van der Waals surface area (Å²) >= 11 is 0. The first-order chi connectivity index (χ1) is 5.78. The number of hydrogen-bond donors (Lipinski definition) is 1. The van der Waals surface area contributed by atoms with Gasteiger partial charge in [0.2, 0.25) is 0 Å². The molecule has 76 valence electrons. The molecule has 0 atom stereocenters. The lowest BCUT2D eigenvalue weighted by molar-refractivity contribution is -0.138. The zero-order chi connectivity index (χ0) is 10.6. The van der Waals surface area contributed by atoms with Crippen LogP contribution in [0, 0.1) is 0 Å². The number of hydrogen-bond acceptors (Lipinski definition) is 3. The maximum Gasteiger partial charge on any atom is 0.419 e. The van der Waals surface area contributed by atoms with Crippen molar-refractivity contribution in [1.29, 1.82) is 0 Å². The van der Waals surface area contributed by atoms with E-state index >= 15 is 0 Å². The number of imide groups is 1. The number of carbonyl (C=O) groups excluding carboxylic acids is 1. The van der Waals surface area contributed by atoms with Gasteiger partial charge in [-0.25, -0.2) is 14.5 Å². The Labute approximate surface area is 70.7 Å². The highest BCUT2D eigenvalue weighted by Crippen LogP contribution is 2.16. The second-order valence-electron chi connectivity index (χ2n) is 1.95. The maximum absolute atomic E-state index is 11.6. The molecule has 0 aromatic carbocycles. The van der Waals surface area contributed by atoms with Crippen LogP contribution in [0.4, 0.5) is 22.8 Å². The molecule has 0 radical (unpaired) electrons. The number of halogens is 3. The van der Waals surface area contributed by atoms with Gasteiger partial charge in [0.15, 0.2) is 0 Å². The summed E-state index contributed by atoms with van der Waals surface area (Å²) in [5, 5.41) is 8.16. The van der Waals surface area contributed by atoms with Crippen LogP contribution in [-0.2, 0) is 4.74 Å². The maximum atomic E-state index is 11.6. The molecule has 0 saturated carbocycles. The normalized spacial score (nSPS) is 10.8. The second kappa shape index (κ2) is 3.97. The van der Waals surface area contributed by atoms with E-state index in [1.807, 2.05) is 0 Å². The Kier molecular flexibility index (Phi) is 3.52. The van der Waals surface area contributed by atoms with Crippen LogP contribution in [0.25, 0.3) is 0 Å². The van der Waals surface area contributed by atoms with E-state index < -0.39 is 29.8 Å². The van der Waals surface area contributed by atoms with Crippen molar-refractivity contribution in [3.8, 4) is 0 Å². The smallest absolute Gasteiger partial charge is 0.419 e. The zero-order valence-electron chi connectivity index (χ0n) is 6.46. The van der Waals surface area contributed by atoms with Gasteiger partial charge >= 0.3 is 18.4 Å². The summed E-state index contributed by atoms with van der Waals surface area (Å²) in [5.74, 6) is 0. The number of carboxylic acid groups (broad SMARTS) is 1. The van der Waals surface area contributed by atoms with Crippen molar-refractivity contribution < 1.29 is 32.6 Å². The third-order valence-corrected chi connectivity index (χ3v) is 0.963. The highest BCUT2D eigenvalue weighted by molar-refractivity contribution is 5.86. The summed E-state index contributed by atoms with van der Waals surface area (Å²) in [4.78, 5) is 20.1. The Morgan fingerprint density at radius 3 is 2.15 bits per heavy atom. The lowest BCUT2D eigenvalue weighted by Crippen LogP contribution is -2.42. The standard InChI is InChI=1S/C5H6F3NO4/c1-13-4(12)9(3(10)11)2-5(6,7)8/h2H2,1H3,(H,10,11). The van der Waals surface area contributed by atoms with Gasteiger partial charge in [-0.3, -0.25) is 0 Å². The minimum atomic E-state index is -4.77. The summed E-state index contributed by atoms with van der Waals surface area (Å²) < 4.78 is 38.8. The quantitative estimate of drug-likeness (QED) is 0.694. The van der Waals surface area contributed by atoms with Gasteiger partial charge in [-0.1, -0.05) is 0 Å². The van der Waals surface area contributed by atoms with Crippen LogP contribution in [0.5, 0.6) is 0 Å². The highest BCUT2D eigenvalue weighted by Gasteiger charge is 2.36. The van der Waals surface area contributed by atoms with Gasteiger partial charge in [0.25, 0.3) is 0 Å². The molecule has 0 bridgehead atoms. The van der Waals surface area contributed by atoms with E-state index in [2.05, 4.69) is 4.74 Å². The van der Waals surface area contributed by atoms with Crippen molar-refractivity contribution in [3.63, 3.8) is 0 Å². The van der Waals surface area contributed by atoms with E-state index in [-0.39, 0.29) is 0 Å². The molecular weight excluding hydrogens is 195 g/mol. The van der Waals surface area contributed by atoms with Gasteiger partial charge in [0.05, 0.1) is 7.11 Å². The molecule has 0 aromatic rings. The van der Waals surface area contributed by atoms with Crippen molar-refractivity contribution in [3.05, 3.63) is 0 Å². The van der Waals surface area contributed by atoms with E-state index in [4.69, 9.17) is 5.11 Å². The fourth-order valence-corrected chi connectivity index (χ4v) is 0.500. The molecule has 0 aliphatic carbocycles. The van der Waals surface area contributed by atoms with E-state index in [1.165, 1.54) is 0 Å². The number of nitrogens with zero attached hydrogens (tertiary/aromatic N) is 1. The molecule has 0 aliphatic rings. The highest BCUT2D eigenvalue weighted by atomic mass is 19.4. The van der Waals surface area contributed by atoms with Gasteiger partial charge in [-0.05, 0) is 0 Å². The van der Waals surface area contributed by atoms with E-state index in [0.29, 0.717) is 0 Å². The van der Waals surface area contributed by atoms with Crippen molar-refractivity contribution in [2.24, 2.45) is 0 Å². The molecule has 0 aromatic heterocycles. The third-order valence-electron chi connectivity index (χ3n) is 0.963. The van der Waals surface area contributed by atoms with Crippen LogP contribution in [0.15, 0.2) is 0 Å². The topological polar surface area (TPSA) is 66.8 Å². The molecule has 0 saturated heterocycles. The lowest BCUT2D eigenvalue weighted by Gasteiger charge is -2.16. The van der Waals surface area contributed by atoms with Crippen LogP contribution in [0.3, 0.4) is 0 Å². The Morgan fingerprint density at radius 2 is 1.92 bits per heavy atom. The summed E-state index contributed by atoms with van der Waals surface area (Å²) in [5.41, 5.74) is 0. The first-order valence-corrected chi connectivity index (χ1v) is 2.93. The number of methoxy groups -OCH3 is 1. The van der Waals surface area contributed by atoms with Crippen molar-refractivity contribution in [2.45, 2.75) is 6.18 Å². The van der Waals surface area contributed by atoms with Gasteiger partial charge in [0.1, 0.15) is 6.54 Å². The van der Waals surface area contributed by atoms with Crippen LogP contribution in [-0.4, -0.2) is 42.0 Å². The fourth-order valence-electron chi connectivity index (χ4n) is 0.500. The van der Waals surface area contributed by atoms with E-state index in [9.17, 15) is 22.8 Å². The van der Waals surface area contributed by atoms with Gasteiger partial charge in [-0.15, -0.1) is 0 Å². The molecule has 0 heterocycles. The zero-order valence-corrected chi connectivity index (χ0v) is 6.46. The largest absolute Gasteiger partial charge is 0.465 e. The first-order valence-electron chi connectivity index (χ1n) is 2.93. The number of carbonyl (C=O) groups is 2. The minimum Gasteiger partial charge on any atom is -0.465 e. The molecule has 0 fully saturated rings.